The monoisotopic (exact) mass is 460 g/mol. The number of aliphatic hydroxyl groups is 3. The lowest BCUT2D eigenvalue weighted by molar-refractivity contribution is -0.293. The molecule has 2 aliphatic heterocycles. The van der Waals surface area contributed by atoms with E-state index < -0.39 is 57.8 Å². The molecule has 1 aromatic heterocycles. The fraction of sp³-hybridized carbons (Fsp3) is 0.808. The van der Waals surface area contributed by atoms with Gasteiger partial charge in [0.15, 0.2) is 6.10 Å². The van der Waals surface area contributed by atoms with Crippen LogP contribution in [0.4, 0.5) is 0 Å². The Morgan fingerprint density at radius 2 is 1.67 bits per heavy atom. The standard InChI is InChI=1S/C26H36O7/c1-22(2)15-10-18(29)25(5)14(24(15,4)17(28)11-16(22)27)6-8-23(3)19(13-7-9-31-12-13)32-21(30)20-26(23,25)33-20/h7,9,12,14-20,27-29H,6,8,10-11H2,1-5H3/t14-,15+,16-,17+,18-,19-,20-,23+,24-,25+,26-/m1/s1. The lowest BCUT2D eigenvalue weighted by Gasteiger charge is -2.71. The van der Waals surface area contributed by atoms with E-state index in [1.54, 1.807) is 12.5 Å². The van der Waals surface area contributed by atoms with Crippen LogP contribution in [0.25, 0.3) is 0 Å². The Morgan fingerprint density at radius 3 is 2.33 bits per heavy atom. The second-order valence-corrected chi connectivity index (χ2v) is 12.7. The van der Waals surface area contributed by atoms with Crippen molar-refractivity contribution >= 4 is 5.97 Å². The van der Waals surface area contributed by atoms with E-state index >= 15 is 0 Å². The van der Waals surface area contributed by atoms with E-state index in [1.165, 1.54) is 0 Å². The number of furan rings is 1. The van der Waals surface area contributed by atoms with Crippen LogP contribution in [0.5, 0.6) is 0 Å². The number of ether oxygens (including phenoxy) is 2. The molecule has 0 aromatic carbocycles. The first-order valence-electron chi connectivity index (χ1n) is 12.3. The van der Waals surface area contributed by atoms with Gasteiger partial charge in [0.2, 0.25) is 0 Å². The third-order valence-corrected chi connectivity index (χ3v) is 11.4. The summed E-state index contributed by atoms with van der Waals surface area (Å²) in [6, 6.07) is 1.83. The Bertz CT molecular complexity index is 989. The molecule has 5 aliphatic rings. The molecule has 1 aromatic rings. The van der Waals surface area contributed by atoms with E-state index in [-0.39, 0.29) is 17.8 Å². The minimum atomic E-state index is -0.881. The maximum absolute atomic E-state index is 13.1. The Kier molecular flexibility index (Phi) is 4.17. The second kappa shape index (κ2) is 6.23. The Hall–Kier alpha value is -1.41. The number of fused-ring (bicyclic) bond motifs is 3. The van der Waals surface area contributed by atoms with Gasteiger partial charge in [-0.05, 0) is 42.6 Å². The molecule has 7 heteroatoms. The number of cyclic esters (lactones) is 1. The zero-order valence-electron chi connectivity index (χ0n) is 20.1. The van der Waals surface area contributed by atoms with Crippen molar-refractivity contribution < 1.29 is 34.0 Å². The van der Waals surface area contributed by atoms with Crippen LogP contribution in [0.1, 0.15) is 72.0 Å². The summed E-state index contributed by atoms with van der Waals surface area (Å²) in [5.41, 5.74) is -2.33. The molecule has 0 bridgehead atoms. The molecule has 33 heavy (non-hydrogen) atoms. The summed E-state index contributed by atoms with van der Waals surface area (Å²) < 4.78 is 17.6. The smallest absolute Gasteiger partial charge is 0.339 e. The highest BCUT2D eigenvalue weighted by Crippen LogP contribution is 2.80. The van der Waals surface area contributed by atoms with E-state index in [1.807, 2.05) is 6.07 Å². The number of hydrogen-bond acceptors (Lipinski definition) is 7. The zero-order valence-corrected chi connectivity index (χ0v) is 20.1. The molecule has 1 spiro atoms. The topological polar surface area (TPSA) is 113 Å². The first kappa shape index (κ1) is 22.1. The van der Waals surface area contributed by atoms with Gasteiger partial charge in [0, 0.05) is 28.2 Å². The lowest BCUT2D eigenvalue weighted by atomic mass is 9.34. The molecular weight excluding hydrogens is 424 g/mol. The van der Waals surface area contributed by atoms with Crippen molar-refractivity contribution in [3.63, 3.8) is 0 Å². The highest BCUT2D eigenvalue weighted by molar-refractivity contribution is 5.82. The molecule has 182 valence electrons. The highest BCUT2D eigenvalue weighted by atomic mass is 16.7. The Balaban J connectivity index is 1.51. The number of rotatable bonds is 1. The Morgan fingerprint density at radius 1 is 0.939 bits per heavy atom. The molecule has 3 saturated carbocycles. The number of carbonyl (C=O) groups is 1. The van der Waals surface area contributed by atoms with E-state index in [0.717, 1.165) is 18.4 Å². The van der Waals surface area contributed by atoms with Gasteiger partial charge in [0.1, 0.15) is 11.7 Å². The van der Waals surface area contributed by atoms with Gasteiger partial charge in [-0.15, -0.1) is 0 Å². The maximum atomic E-state index is 13.1. The summed E-state index contributed by atoms with van der Waals surface area (Å²) in [6.07, 6.45) is 2.17. The van der Waals surface area contributed by atoms with Crippen LogP contribution in [-0.2, 0) is 14.3 Å². The number of hydrogen-bond donors (Lipinski definition) is 3. The largest absolute Gasteiger partial charge is 0.472 e. The molecule has 6 rings (SSSR count). The number of esters is 1. The minimum absolute atomic E-state index is 0.0602. The number of epoxide rings is 1. The summed E-state index contributed by atoms with van der Waals surface area (Å²) in [7, 11) is 0. The summed E-state index contributed by atoms with van der Waals surface area (Å²) in [5, 5.41) is 34.1. The molecule has 3 aliphatic carbocycles. The predicted molar refractivity (Wildman–Crippen MR) is 117 cm³/mol. The zero-order chi connectivity index (χ0) is 23.8. The van der Waals surface area contributed by atoms with Gasteiger partial charge in [-0.2, -0.15) is 0 Å². The quantitative estimate of drug-likeness (QED) is 0.436. The average molecular weight is 461 g/mol. The van der Waals surface area contributed by atoms with E-state index in [9.17, 15) is 20.1 Å². The van der Waals surface area contributed by atoms with Crippen molar-refractivity contribution in [3.05, 3.63) is 24.2 Å². The van der Waals surface area contributed by atoms with Crippen LogP contribution < -0.4 is 0 Å². The van der Waals surface area contributed by atoms with E-state index in [2.05, 4.69) is 34.6 Å². The van der Waals surface area contributed by atoms with Gasteiger partial charge in [0.25, 0.3) is 0 Å². The van der Waals surface area contributed by atoms with Crippen LogP contribution in [-0.4, -0.2) is 51.3 Å². The van der Waals surface area contributed by atoms with Crippen LogP contribution in [0.15, 0.2) is 23.0 Å². The van der Waals surface area contributed by atoms with Gasteiger partial charge >= 0.3 is 5.97 Å². The molecule has 2 saturated heterocycles. The van der Waals surface area contributed by atoms with Crippen molar-refractivity contribution in [2.45, 2.75) is 96.4 Å². The average Bonchev–Trinajstić information content (AvgIpc) is 3.32. The number of carbonyl (C=O) groups excluding carboxylic acids is 1. The fourth-order valence-corrected chi connectivity index (χ4v) is 9.48. The lowest BCUT2D eigenvalue weighted by Crippen LogP contribution is -2.75. The summed E-state index contributed by atoms with van der Waals surface area (Å²) in [5.74, 6) is -0.524. The molecule has 3 N–H and O–H groups in total. The van der Waals surface area contributed by atoms with E-state index in [0.29, 0.717) is 12.8 Å². The van der Waals surface area contributed by atoms with Crippen LogP contribution in [0, 0.1) is 33.5 Å². The molecule has 3 heterocycles. The van der Waals surface area contributed by atoms with E-state index in [4.69, 9.17) is 13.9 Å². The third kappa shape index (κ3) is 2.20. The summed E-state index contributed by atoms with van der Waals surface area (Å²) >= 11 is 0. The van der Waals surface area contributed by atoms with Gasteiger partial charge in [0.05, 0.1) is 30.8 Å². The Labute approximate surface area is 194 Å². The minimum Gasteiger partial charge on any atom is -0.472 e. The van der Waals surface area contributed by atoms with Crippen molar-refractivity contribution in [2.75, 3.05) is 0 Å². The molecule has 7 nitrogen and oxygen atoms in total. The molecule has 11 atom stereocenters. The van der Waals surface area contributed by atoms with Gasteiger partial charge in [-0.1, -0.05) is 34.6 Å². The number of aliphatic hydroxyl groups excluding tert-OH is 3. The molecule has 0 amide bonds. The molecule has 0 radical (unpaired) electrons. The second-order valence-electron chi connectivity index (χ2n) is 12.7. The van der Waals surface area contributed by atoms with Gasteiger partial charge < -0.3 is 29.2 Å². The highest BCUT2D eigenvalue weighted by Gasteiger charge is 2.88. The first-order valence-corrected chi connectivity index (χ1v) is 12.3. The summed E-state index contributed by atoms with van der Waals surface area (Å²) in [6.45, 7) is 10.4. The van der Waals surface area contributed by atoms with Crippen molar-refractivity contribution in [2.24, 2.45) is 33.5 Å². The van der Waals surface area contributed by atoms with Gasteiger partial charge in [-0.25, -0.2) is 4.79 Å². The first-order chi connectivity index (χ1) is 15.4. The van der Waals surface area contributed by atoms with Crippen LogP contribution >= 0.6 is 0 Å². The van der Waals surface area contributed by atoms with Crippen LogP contribution in [0.2, 0.25) is 0 Å². The summed E-state index contributed by atoms with van der Waals surface area (Å²) in [4.78, 5) is 13.1. The van der Waals surface area contributed by atoms with Crippen molar-refractivity contribution in [1.29, 1.82) is 0 Å². The van der Waals surface area contributed by atoms with Crippen molar-refractivity contribution in [1.82, 2.24) is 0 Å². The molecule has 0 unspecified atom stereocenters. The normalized spacial score (nSPS) is 56.6. The van der Waals surface area contributed by atoms with Crippen LogP contribution in [0.3, 0.4) is 0 Å². The molecule has 5 fully saturated rings. The molecular formula is C26H36O7. The predicted octanol–water partition coefficient (Wildman–Crippen LogP) is 2.98. The van der Waals surface area contributed by atoms with Gasteiger partial charge in [-0.3, -0.25) is 0 Å². The maximum Gasteiger partial charge on any atom is 0.339 e. The van der Waals surface area contributed by atoms with Crippen molar-refractivity contribution in [3.8, 4) is 0 Å². The third-order valence-electron chi connectivity index (χ3n) is 11.4. The SMILES string of the molecule is CC1(C)[C@H](O)C[C@H](O)[C@]2(C)[C@H]3CC[C@@]4(C)[C@@H](c5ccoc5)OC(=O)[C@H]5O[C@]54[C@]3(C)[C@H](O)C[C@@H]12. The fourth-order valence-electron chi connectivity index (χ4n) is 9.48.